The largest absolute Gasteiger partial charge is 0.245 e. The summed E-state index contributed by atoms with van der Waals surface area (Å²) in [4.78, 5) is 7.35. The molecule has 7 heteroatoms. The van der Waals surface area contributed by atoms with Crippen molar-refractivity contribution in [1.29, 1.82) is 0 Å². The van der Waals surface area contributed by atoms with Crippen LogP contribution >= 0.6 is 0 Å². The Morgan fingerprint density at radius 3 is 1.55 bits per heavy atom. The number of nitrogens with zero attached hydrogens (tertiary/aromatic N) is 2. The van der Waals surface area contributed by atoms with E-state index in [4.69, 9.17) is 10.0 Å². The molecule has 0 radical (unpaired) electrons. The van der Waals surface area contributed by atoms with Gasteiger partial charge in [0.2, 0.25) is 0 Å². The Morgan fingerprint density at radius 1 is 1.09 bits per heavy atom. The van der Waals surface area contributed by atoms with Gasteiger partial charge >= 0.3 is 59.1 Å². The molecule has 0 aliphatic rings. The van der Waals surface area contributed by atoms with Gasteiger partial charge in [0.05, 0.1) is 0 Å². The van der Waals surface area contributed by atoms with E-state index in [9.17, 15) is 0 Å². The molecule has 0 aromatic carbocycles. The molecular formula is C4H10BKN2O3. The van der Waals surface area contributed by atoms with Crippen LogP contribution in [0.25, 0.3) is 0 Å². The monoisotopic (exact) mass is 184 g/mol. The number of aromatic nitrogens is 2. The predicted molar refractivity (Wildman–Crippen MR) is 44.4 cm³/mol. The maximum absolute atomic E-state index is 7.12. The van der Waals surface area contributed by atoms with E-state index >= 15 is 0 Å². The predicted octanol–water partition coefficient (Wildman–Crippen LogP) is -2.76. The van der Waals surface area contributed by atoms with Crippen molar-refractivity contribution < 1.29 is 15.5 Å². The standard InChI is InChI=1S/C4H4N2.BH3O2.K.H2O.H/c1-2-5-4-6-3-1;2-1-3;;;/h1-4H;1-3H;;1H2;. The SMILES string of the molecule is O.OBO.[KH].c1cncnc1. The average Bonchev–Trinajstić information content (AvgIpc) is 1.93. The van der Waals surface area contributed by atoms with Crippen molar-refractivity contribution in [3.05, 3.63) is 24.8 Å². The van der Waals surface area contributed by atoms with Crippen molar-refractivity contribution in [2.45, 2.75) is 0 Å². The Hall–Kier alpha value is 0.661. The zero-order valence-corrected chi connectivity index (χ0v) is 5.31. The van der Waals surface area contributed by atoms with Crippen LogP contribution in [0.2, 0.25) is 0 Å². The molecule has 11 heavy (non-hydrogen) atoms. The minimum atomic E-state index is -0.750. The Kier molecular flexibility index (Phi) is 27.2. The molecule has 0 aliphatic carbocycles. The molecule has 1 aromatic rings. The normalized spacial score (nSPS) is 5.64. The van der Waals surface area contributed by atoms with Gasteiger partial charge in [-0.05, 0) is 6.07 Å². The molecule has 4 N–H and O–H groups in total. The smallest absolute Gasteiger partial charge is 0.115 e. The van der Waals surface area contributed by atoms with Gasteiger partial charge in [-0.2, -0.15) is 0 Å². The Morgan fingerprint density at radius 2 is 1.45 bits per heavy atom. The quantitative estimate of drug-likeness (QED) is 0.427. The van der Waals surface area contributed by atoms with Crippen molar-refractivity contribution in [1.82, 2.24) is 9.97 Å². The van der Waals surface area contributed by atoms with E-state index in [1.54, 1.807) is 18.5 Å². The average molecular weight is 184 g/mol. The van der Waals surface area contributed by atoms with Gasteiger partial charge in [-0.25, -0.2) is 9.97 Å². The van der Waals surface area contributed by atoms with Crippen LogP contribution in [-0.4, -0.2) is 84.6 Å². The number of hydrogen-bond donors (Lipinski definition) is 2. The first-order valence-corrected chi connectivity index (χ1v) is 2.33. The molecular weight excluding hydrogens is 174 g/mol. The van der Waals surface area contributed by atoms with Gasteiger partial charge in [-0.3, -0.25) is 0 Å². The molecule has 0 aliphatic heterocycles. The Labute approximate surface area is 108 Å². The van der Waals surface area contributed by atoms with Crippen LogP contribution in [0, 0.1) is 0 Å². The summed E-state index contributed by atoms with van der Waals surface area (Å²) in [6, 6.07) is 1.78. The molecule has 5 nitrogen and oxygen atoms in total. The second-order valence-electron chi connectivity index (χ2n) is 1.05. The second-order valence-corrected chi connectivity index (χ2v) is 1.05. The number of hydrogen-bond acceptors (Lipinski definition) is 4. The fraction of sp³-hybridized carbons (Fsp3) is 0. The summed E-state index contributed by atoms with van der Waals surface area (Å²) in [7, 11) is -0.750. The van der Waals surface area contributed by atoms with E-state index < -0.39 is 7.69 Å². The van der Waals surface area contributed by atoms with E-state index in [-0.39, 0.29) is 56.9 Å². The maximum atomic E-state index is 7.12. The molecule has 0 unspecified atom stereocenters. The van der Waals surface area contributed by atoms with E-state index in [0.717, 1.165) is 0 Å². The zero-order chi connectivity index (χ0) is 6.95. The Balaban J connectivity index is -0.000000116. The van der Waals surface area contributed by atoms with Crippen molar-refractivity contribution in [3.8, 4) is 0 Å². The maximum Gasteiger partial charge on any atom is 0.115 e. The molecule has 1 heterocycles. The molecule has 0 atom stereocenters. The summed E-state index contributed by atoms with van der Waals surface area (Å²) in [6.45, 7) is 0. The summed E-state index contributed by atoms with van der Waals surface area (Å²) < 4.78 is 0. The van der Waals surface area contributed by atoms with Crippen LogP contribution in [0.3, 0.4) is 0 Å². The van der Waals surface area contributed by atoms with Gasteiger partial charge in [0.25, 0.3) is 0 Å². The molecule has 0 bridgehead atoms. The van der Waals surface area contributed by atoms with Crippen molar-refractivity contribution in [3.63, 3.8) is 0 Å². The molecule has 0 amide bonds. The van der Waals surface area contributed by atoms with E-state index in [1.165, 1.54) is 6.33 Å². The van der Waals surface area contributed by atoms with Crippen LogP contribution in [-0.2, 0) is 0 Å². The third kappa shape index (κ3) is 18.0. The van der Waals surface area contributed by atoms with E-state index in [1.807, 2.05) is 0 Å². The summed E-state index contributed by atoms with van der Waals surface area (Å²) in [5.41, 5.74) is 0. The second kappa shape index (κ2) is 17.0. The summed E-state index contributed by atoms with van der Waals surface area (Å²) in [6.07, 6.45) is 4.88. The van der Waals surface area contributed by atoms with Gasteiger partial charge in [0.15, 0.2) is 0 Å². The molecule has 0 saturated heterocycles. The third-order valence-electron chi connectivity index (χ3n) is 0.478. The first-order valence-electron chi connectivity index (χ1n) is 2.33. The van der Waals surface area contributed by atoms with Crippen LogP contribution in [0.15, 0.2) is 24.8 Å². The minimum Gasteiger partial charge on any atom is -0.245 e. The molecule has 0 fully saturated rings. The van der Waals surface area contributed by atoms with Crippen molar-refractivity contribution in [2.75, 3.05) is 0 Å². The minimum absolute atomic E-state index is 0. The summed E-state index contributed by atoms with van der Waals surface area (Å²) in [5, 5.41) is 14.2. The first kappa shape index (κ1) is 17.7. The van der Waals surface area contributed by atoms with Crippen LogP contribution in [0.5, 0.6) is 0 Å². The zero-order valence-electron chi connectivity index (χ0n) is 5.31. The van der Waals surface area contributed by atoms with Gasteiger partial charge in [-0.1, -0.05) is 0 Å². The van der Waals surface area contributed by atoms with Crippen LogP contribution in [0.4, 0.5) is 0 Å². The molecule has 1 rings (SSSR count). The fourth-order valence-corrected chi connectivity index (χ4v) is 0.253. The molecule has 0 spiro atoms. The van der Waals surface area contributed by atoms with E-state index in [2.05, 4.69) is 9.97 Å². The summed E-state index contributed by atoms with van der Waals surface area (Å²) >= 11 is 0. The molecule has 58 valence electrons. The fourth-order valence-electron chi connectivity index (χ4n) is 0.253. The molecule has 1 aromatic heterocycles. The Bertz CT molecular complexity index is 106. The molecule has 0 saturated carbocycles. The topological polar surface area (TPSA) is 97.7 Å². The van der Waals surface area contributed by atoms with Gasteiger partial charge in [-0.15, -0.1) is 0 Å². The van der Waals surface area contributed by atoms with E-state index in [0.29, 0.717) is 0 Å². The van der Waals surface area contributed by atoms with Crippen LogP contribution < -0.4 is 0 Å². The number of rotatable bonds is 0. The third-order valence-corrected chi connectivity index (χ3v) is 0.478. The van der Waals surface area contributed by atoms with Crippen LogP contribution in [0.1, 0.15) is 0 Å². The van der Waals surface area contributed by atoms with Gasteiger partial charge in [0.1, 0.15) is 6.33 Å². The van der Waals surface area contributed by atoms with Gasteiger partial charge in [0, 0.05) is 12.4 Å². The van der Waals surface area contributed by atoms with Crippen molar-refractivity contribution >= 4 is 59.1 Å². The van der Waals surface area contributed by atoms with Crippen molar-refractivity contribution in [2.24, 2.45) is 0 Å². The van der Waals surface area contributed by atoms with Gasteiger partial charge < -0.3 is 15.5 Å². The summed E-state index contributed by atoms with van der Waals surface area (Å²) in [5.74, 6) is 0. The first-order chi connectivity index (χ1) is 4.41.